The number of hydrogen-bond acceptors (Lipinski definition) is 14. The Hall–Kier alpha value is -5.50. The number of aromatic amines is 1. The number of amides is 3. The van der Waals surface area contributed by atoms with E-state index >= 15 is 4.79 Å². The lowest BCUT2D eigenvalue weighted by atomic mass is 10.0. The van der Waals surface area contributed by atoms with E-state index in [0.29, 0.717) is 57.4 Å². The standard InChI is InChI=1S/C45H62N10O8/c1-30(2)21-34(26-57)48-39(29-60)53-19-20-55(41(44(53)62)49-33(25-56)13-9-10-16-46)45(63)42(51-36(28-59)23-32-24-47-38-15-8-7-14-37(32)38)54-18-17-52(3)40(43(54)61)50-35(27-58)22-31-11-5-4-6-12-31/h4-8,11-12,14-15,24-30,33-36,39-42,47-51H,9-10,13,16-23,46H2,1-3H3/t33-,34-,35-,36-,39+,40+,41+,42+/m0/s1. The summed E-state index contributed by atoms with van der Waals surface area (Å²) < 4.78 is 0. The van der Waals surface area contributed by atoms with Gasteiger partial charge in [-0.1, -0.05) is 68.8 Å². The van der Waals surface area contributed by atoms with Crippen LogP contribution in [0.15, 0.2) is 60.8 Å². The van der Waals surface area contributed by atoms with Gasteiger partial charge in [0.1, 0.15) is 37.5 Å². The molecule has 2 saturated heterocycles. The van der Waals surface area contributed by atoms with Crippen LogP contribution >= 0.6 is 0 Å². The van der Waals surface area contributed by atoms with Crippen molar-refractivity contribution in [1.82, 2.24) is 45.9 Å². The summed E-state index contributed by atoms with van der Waals surface area (Å²) in [6, 6.07) is 13.4. The van der Waals surface area contributed by atoms with Crippen molar-refractivity contribution >= 4 is 60.1 Å². The maximum absolute atomic E-state index is 15.3. The third-order valence-corrected chi connectivity index (χ3v) is 11.6. The van der Waals surface area contributed by atoms with Gasteiger partial charge < -0.3 is 44.6 Å². The minimum atomic E-state index is -1.51. The number of para-hydroxylation sites is 1. The molecule has 18 heteroatoms. The number of unbranched alkanes of at least 4 members (excludes halogenated alkanes) is 1. The molecule has 340 valence electrons. The highest BCUT2D eigenvalue weighted by atomic mass is 16.2. The van der Waals surface area contributed by atoms with E-state index in [4.69, 9.17) is 5.73 Å². The number of carbonyl (C=O) groups is 8. The third-order valence-electron chi connectivity index (χ3n) is 11.6. The van der Waals surface area contributed by atoms with Crippen molar-refractivity contribution in [1.29, 1.82) is 0 Å². The van der Waals surface area contributed by atoms with Gasteiger partial charge in [0.25, 0.3) is 17.7 Å². The van der Waals surface area contributed by atoms with Crippen molar-refractivity contribution < 1.29 is 38.4 Å². The molecular weight excluding hydrogens is 809 g/mol. The Balaban J connectivity index is 1.51. The Bertz CT molecular complexity index is 2020. The Morgan fingerprint density at radius 3 is 2.06 bits per heavy atom. The van der Waals surface area contributed by atoms with Crippen molar-refractivity contribution in [3.8, 4) is 0 Å². The molecule has 0 radical (unpaired) electrons. The van der Waals surface area contributed by atoms with Crippen molar-refractivity contribution in [2.45, 2.75) is 101 Å². The van der Waals surface area contributed by atoms with Crippen LogP contribution in [0, 0.1) is 5.92 Å². The number of nitrogens with one attached hydrogen (secondary N) is 5. The molecule has 2 aliphatic rings. The molecule has 3 heterocycles. The Labute approximate surface area is 368 Å². The van der Waals surface area contributed by atoms with E-state index in [9.17, 15) is 33.6 Å². The first kappa shape index (κ1) is 48.5. The highest BCUT2D eigenvalue weighted by Crippen LogP contribution is 2.22. The zero-order valence-electron chi connectivity index (χ0n) is 36.3. The van der Waals surface area contributed by atoms with Crippen LogP contribution in [0.3, 0.4) is 0 Å². The first-order valence-corrected chi connectivity index (χ1v) is 21.7. The summed E-state index contributed by atoms with van der Waals surface area (Å²) in [5.41, 5.74) is 8.23. The van der Waals surface area contributed by atoms with E-state index in [0.717, 1.165) is 28.3 Å². The number of nitrogens with two attached hydrogens (primary N) is 1. The number of nitrogens with zero attached hydrogens (tertiary/aromatic N) is 4. The van der Waals surface area contributed by atoms with Gasteiger partial charge in [0.2, 0.25) is 0 Å². The lowest BCUT2D eigenvalue weighted by Crippen LogP contribution is -2.74. The maximum atomic E-state index is 15.3. The Morgan fingerprint density at radius 2 is 1.40 bits per heavy atom. The molecular formula is C45H62N10O8. The zero-order chi connectivity index (χ0) is 45.5. The number of piperazine rings is 2. The number of carbonyl (C=O) groups excluding carboxylic acids is 8. The molecule has 2 fully saturated rings. The highest BCUT2D eigenvalue weighted by molar-refractivity contribution is 5.95. The summed E-state index contributed by atoms with van der Waals surface area (Å²) in [4.78, 5) is 116. The van der Waals surface area contributed by atoms with Gasteiger partial charge in [0, 0.05) is 43.3 Å². The number of aromatic nitrogens is 1. The summed E-state index contributed by atoms with van der Waals surface area (Å²) in [6.45, 7) is 4.22. The second kappa shape index (κ2) is 23.8. The normalized spacial score (nSPS) is 20.2. The Kier molecular flexibility index (Phi) is 18.3. The highest BCUT2D eigenvalue weighted by Gasteiger charge is 2.47. The Morgan fingerprint density at radius 1 is 0.746 bits per heavy atom. The minimum absolute atomic E-state index is 0.0299. The number of hydrogen-bond donors (Lipinski definition) is 6. The molecule has 5 rings (SSSR count). The van der Waals surface area contributed by atoms with E-state index in [1.54, 1.807) is 18.1 Å². The van der Waals surface area contributed by atoms with E-state index in [-0.39, 0.29) is 44.9 Å². The number of rotatable bonds is 26. The first-order chi connectivity index (χ1) is 30.5. The SMILES string of the molecule is CC(C)C[C@@H](C=O)N[C@@H](C=O)N1CCN(C(=O)[C@H](N[C@H](C=O)Cc2c[nH]c3ccccc23)N2CCN(C)[C@@H](N[C@H](C=O)Cc3ccccc3)C2=O)[C@@H](N[C@H](C=O)CCCCN)C1=O. The predicted octanol–water partition coefficient (Wildman–Crippen LogP) is -0.295. The van der Waals surface area contributed by atoms with E-state index in [1.807, 2.05) is 68.4 Å². The van der Waals surface area contributed by atoms with Crippen LogP contribution in [0.5, 0.6) is 0 Å². The topological polar surface area (TPSA) is 239 Å². The molecule has 3 amide bonds. The molecule has 0 spiro atoms. The van der Waals surface area contributed by atoms with Gasteiger partial charge in [-0.15, -0.1) is 0 Å². The van der Waals surface area contributed by atoms with Crippen molar-refractivity contribution in [3.63, 3.8) is 0 Å². The predicted molar refractivity (Wildman–Crippen MR) is 235 cm³/mol. The largest absolute Gasteiger partial charge is 0.361 e. The third kappa shape index (κ3) is 12.6. The molecule has 63 heavy (non-hydrogen) atoms. The van der Waals surface area contributed by atoms with E-state index in [1.165, 1.54) is 14.7 Å². The number of likely N-dealkylation sites (N-methyl/N-ethyl adjacent to an activating group) is 1. The molecule has 0 unspecified atom stereocenters. The fourth-order valence-electron chi connectivity index (χ4n) is 8.28. The van der Waals surface area contributed by atoms with Gasteiger partial charge in [-0.05, 0) is 68.8 Å². The monoisotopic (exact) mass is 870 g/mol. The van der Waals surface area contributed by atoms with Gasteiger partial charge in [-0.2, -0.15) is 0 Å². The summed E-state index contributed by atoms with van der Waals surface area (Å²) in [6.07, 6.45) is 1.97. The molecule has 0 bridgehead atoms. The molecule has 3 aromatic rings. The average molecular weight is 871 g/mol. The summed E-state index contributed by atoms with van der Waals surface area (Å²) in [5.74, 6) is -1.92. The summed E-state index contributed by atoms with van der Waals surface area (Å²) >= 11 is 0. The first-order valence-electron chi connectivity index (χ1n) is 21.7. The lowest BCUT2D eigenvalue weighted by Gasteiger charge is -2.47. The molecule has 18 nitrogen and oxygen atoms in total. The fourth-order valence-corrected chi connectivity index (χ4v) is 8.28. The van der Waals surface area contributed by atoms with Crippen LogP contribution in [0.1, 0.15) is 50.7 Å². The molecule has 2 aliphatic heterocycles. The van der Waals surface area contributed by atoms with Crippen LogP contribution in [0.25, 0.3) is 10.9 Å². The van der Waals surface area contributed by atoms with Crippen LogP contribution in [-0.2, 0) is 51.2 Å². The summed E-state index contributed by atoms with van der Waals surface area (Å²) in [5, 5.41) is 13.2. The van der Waals surface area contributed by atoms with Gasteiger partial charge in [-0.25, -0.2) is 0 Å². The van der Waals surface area contributed by atoms with E-state index in [2.05, 4.69) is 26.3 Å². The second-order valence-electron chi connectivity index (χ2n) is 16.7. The number of H-pyrrole nitrogens is 1. The van der Waals surface area contributed by atoms with Crippen LogP contribution < -0.4 is 27.0 Å². The number of benzene rings is 2. The molecule has 1 aromatic heterocycles. The number of fused-ring (bicyclic) bond motifs is 1. The lowest BCUT2D eigenvalue weighted by molar-refractivity contribution is -0.165. The van der Waals surface area contributed by atoms with Crippen LogP contribution in [0.4, 0.5) is 0 Å². The van der Waals surface area contributed by atoms with Crippen molar-refractivity contribution in [3.05, 3.63) is 71.9 Å². The van der Waals surface area contributed by atoms with Crippen LogP contribution in [-0.4, -0.2) is 162 Å². The smallest absolute Gasteiger partial charge is 0.262 e. The minimum Gasteiger partial charge on any atom is -0.361 e. The zero-order valence-corrected chi connectivity index (χ0v) is 36.3. The number of aldehydes is 5. The fraction of sp³-hybridized carbons (Fsp3) is 0.511. The van der Waals surface area contributed by atoms with Gasteiger partial charge >= 0.3 is 0 Å². The molecule has 8 atom stereocenters. The quantitative estimate of drug-likeness (QED) is 0.0449. The molecule has 0 saturated carbocycles. The average Bonchev–Trinajstić information content (AvgIpc) is 3.70. The molecule has 2 aromatic carbocycles. The summed E-state index contributed by atoms with van der Waals surface area (Å²) in [7, 11) is 1.72. The second-order valence-corrected chi connectivity index (χ2v) is 16.7. The van der Waals surface area contributed by atoms with Crippen molar-refractivity contribution in [2.24, 2.45) is 11.7 Å². The van der Waals surface area contributed by atoms with E-state index < -0.39 is 66.6 Å². The van der Waals surface area contributed by atoms with Gasteiger partial charge in [0.05, 0.1) is 24.2 Å². The maximum Gasteiger partial charge on any atom is 0.262 e. The molecule has 0 aliphatic carbocycles. The van der Waals surface area contributed by atoms with Crippen molar-refractivity contribution in [2.75, 3.05) is 39.8 Å². The van der Waals surface area contributed by atoms with Gasteiger partial charge in [-0.3, -0.25) is 45.3 Å². The van der Waals surface area contributed by atoms with Gasteiger partial charge in [0.15, 0.2) is 18.6 Å². The van der Waals surface area contributed by atoms with Crippen LogP contribution in [0.2, 0.25) is 0 Å². The molecule has 7 N–H and O–H groups in total.